The number of hydrogen-bond acceptors (Lipinski definition) is 5. The van der Waals surface area contributed by atoms with Crippen molar-refractivity contribution >= 4 is 22.1 Å². The van der Waals surface area contributed by atoms with Gasteiger partial charge in [0.2, 0.25) is 10.0 Å². The van der Waals surface area contributed by atoms with Crippen LogP contribution in [0.3, 0.4) is 0 Å². The molecule has 0 radical (unpaired) electrons. The SMILES string of the molecule is CCNC(=NCc1ccc(S(=O)(=O)N(C)C)cc1)NC1CN(C(=O)OC(C)(C)C)C1. The van der Waals surface area contributed by atoms with E-state index >= 15 is 0 Å². The minimum Gasteiger partial charge on any atom is -0.444 e. The van der Waals surface area contributed by atoms with Gasteiger partial charge in [0.25, 0.3) is 0 Å². The van der Waals surface area contributed by atoms with Gasteiger partial charge in [-0.3, -0.25) is 0 Å². The van der Waals surface area contributed by atoms with Crippen molar-refractivity contribution in [1.82, 2.24) is 19.8 Å². The van der Waals surface area contributed by atoms with Crippen LogP contribution in [-0.4, -0.2) is 75.0 Å². The molecule has 1 amide bonds. The molecule has 0 saturated carbocycles. The van der Waals surface area contributed by atoms with E-state index in [1.165, 1.54) is 18.4 Å². The second kappa shape index (κ2) is 9.65. The monoisotopic (exact) mass is 439 g/mol. The molecule has 2 N–H and O–H groups in total. The minimum absolute atomic E-state index is 0.0999. The fourth-order valence-corrected chi connectivity index (χ4v) is 3.61. The van der Waals surface area contributed by atoms with Gasteiger partial charge in [-0.15, -0.1) is 0 Å². The van der Waals surface area contributed by atoms with E-state index in [-0.39, 0.29) is 17.0 Å². The summed E-state index contributed by atoms with van der Waals surface area (Å²) >= 11 is 0. The summed E-state index contributed by atoms with van der Waals surface area (Å²) in [4.78, 5) is 18.5. The first kappa shape index (κ1) is 23.9. The Morgan fingerprint density at radius 2 is 1.83 bits per heavy atom. The highest BCUT2D eigenvalue weighted by Crippen LogP contribution is 2.16. The molecule has 0 atom stereocenters. The standard InChI is InChI=1S/C20H33N5O4S/c1-7-21-18(23-16-13-25(14-16)19(26)29-20(2,3)4)22-12-15-8-10-17(11-9-15)30(27,28)24(5)6/h8-11,16H,7,12-14H2,1-6H3,(H2,21,22,23). The number of rotatable bonds is 6. The number of amides is 1. The Labute approximate surface area is 179 Å². The van der Waals surface area contributed by atoms with E-state index in [4.69, 9.17) is 4.74 Å². The van der Waals surface area contributed by atoms with Crippen molar-refractivity contribution in [3.05, 3.63) is 29.8 Å². The van der Waals surface area contributed by atoms with Crippen LogP contribution in [0.25, 0.3) is 0 Å². The molecule has 1 fully saturated rings. The smallest absolute Gasteiger partial charge is 0.410 e. The van der Waals surface area contributed by atoms with Crippen LogP contribution in [0.2, 0.25) is 0 Å². The first-order chi connectivity index (χ1) is 13.9. The van der Waals surface area contributed by atoms with Gasteiger partial charge < -0.3 is 20.3 Å². The second-order valence-corrected chi connectivity index (χ2v) is 10.5. The maximum Gasteiger partial charge on any atom is 0.410 e. The lowest BCUT2D eigenvalue weighted by Crippen LogP contribution is -2.63. The molecule has 30 heavy (non-hydrogen) atoms. The number of likely N-dealkylation sites (tertiary alicyclic amines) is 1. The van der Waals surface area contributed by atoms with Crippen LogP contribution < -0.4 is 10.6 Å². The summed E-state index contributed by atoms with van der Waals surface area (Å²) in [6.45, 7) is 9.73. The summed E-state index contributed by atoms with van der Waals surface area (Å²) in [5.41, 5.74) is 0.391. The lowest BCUT2D eigenvalue weighted by molar-refractivity contribution is 0.00700. The molecule has 0 aromatic heterocycles. The Kier molecular flexibility index (Phi) is 7.70. The van der Waals surface area contributed by atoms with Crippen LogP contribution >= 0.6 is 0 Å². The number of sulfonamides is 1. The van der Waals surface area contributed by atoms with Gasteiger partial charge in [-0.05, 0) is 45.4 Å². The second-order valence-electron chi connectivity index (χ2n) is 8.35. The van der Waals surface area contributed by atoms with Crippen molar-refractivity contribution in [2.24, 2.45) is 4.99 Å². The maximum absolute atomic E-state index is 12.1. The summed E-state index contributed by atoms with van der Waals surface area (Å²) in [5, 5.41) is 6.50. The van der Waals surface area contributed by atoms with Gasteiger partial charge in [0.15, 0.2) is 5.96 Å². The van der Waals surface area contributed by atoms with Crippen molar-refractivity contribution < 1.29 is 17.9 Å². The molecule has 9 nitrogen and oxygen atoms in total. The first-order valence-corrected chi connectivity index (χ1v) is 11.4. The predicted octanol–water partition coefficient (Wildman–Crippen LogP) is 1.61. The average Bonchev–Trinajstić information content (AvgIpc) is 2.60. The Bertz CT molecular complexity index is 854. The normalized spacial score (nSPS) is 15.7. The molecule has 1 aromatic carbocycles. The number of hydrogen-bond donors (Lipinski definition) is 2. The van der Waals surface area contributed by atoms with E-state index in [1.54, 1.807) is 29.2 Å². The van der Waals surface area contributed by atoms with Gasteiger partial charge in [-0.1, -0.05) is 12.1 Å². The number of ether oxygens (including phenoxy) is 1. The fraction of sp³-hybridized carbons (Fsp3) is 0.600. The quantitative estimate of drug-likeness (QED) is 0.516. The Morgan fingerprint density at radius 1 is 1.23 bits per heavy atom. The van der Waals surface area contributed by atoms with Gasteiger partial charge in [-0.2, -0.15) is 0 Å². The molecule has 2 rings (SSSR count). The van der Waals surface area contributed by atoms with Crippen molar-refractivity contribution in [3.63, 3.8) is 0 Å². The van der Waals surface area contributed by atoms with Gasteiger partial charge >= 0.3 is 6.09 Å². The molecule has 10 heteroatoms. The zero-order valence-corrected chi connectivity index (χ0v) is 19.4. The number of aliphatic imine (C=N–C) groups is 1. The molecule has 1 heterocycles. The third-order valence-corrected chi connectivity index (χ3v) is 6.17. The Morgan fingerprint density at radius 3 is 2.33 bits per heavy atom. The highest BCUT2D eigenvalue weighted by atomic mass is 32.2. The van der Waals surface area contributed by atoms with E-state index in [0.29, 0.717) is 32.1 Å². The van der Waals surface area contributed by atoms with Crippen LogP contribution in [0.5, 0.6) is 0 Å². The van der Waals surface area contributed by atoms with Crippen molar-refractivity contribution in [2.45, 2.75) is 50.8 Å². The summed E-state index contributed by atoms with van der Waals surface area (Å²) in [5.74, 6) is 0.649. The molecule has 1 saturated heterocycles. The molecular weight excluding hydrogens is 406 g/mol. The van der Waals surface area contributed by atoms with Crippen LogP contribution in [0.4, 0.5) is 4.79 Å². The van der Waals surface area contributed by atoms with Gasteiger partial charge in [0, 0.05) is 33.7 Å². The molecule has 168 valence electrons. The van der Waals surface area contributed by atoms with Crippen molar-refractivity contribution in [2.75, 3.05) is 33.7 Å². The highest BCUT2D eigenvalue weighted by molar-refractivity contribution is 7.89. The summed E-state index contributed by atoms with van der Waals surface area (Å²) in [7, 11) is -0.426. The lowest BCUT2D eigenvalue weighted by Gasteiger charge is -2.40. The number of nitrogens with one attached hydrogen (secondary N) is 2. The molecule has 0 aliphatic carbocycles. The van der Waals surface area contributed by atoms with Crippen LogP contribution in [0, 0.1) is 0 Å². The highest BCUT2D eigenvalue weighted by Gasteiger charge is 2.34. The molecular formula is C20H33N5O4S. The van der Waals surface area contributed by atoms with Crippen LogP contribution in [-0.2, 0) is 21.3 Å². The predicted molar refractivity (Wildman–Crippen MR) is 117 cm³/mol. The third kappa shape index (κ3) is 6.60. The maximum atomic E-state index is 12.1. The van der Waals surface area contributed by atoms with E-state index in [2.05, 4.69) is 15.6 Å². The topological polar surface area (TPSA) is 103 Å². The minimum atomic E-state index is -3.44. The molecule has 1 aliphatic rings. The van der Waals surface area contributed by atoms with Crippen LogP contribution in [0.1, 0.15) is 33.3 Å². The van der Waals surface area contributed by atoms with E-state index in [1.807, 2.05) is 27.7 Å². The number of guanidine groups is 1. The molecule has 0 bridgehead atoms. The zero-order chi connectivity index (χ0) is 22.5. The van der Waals surface area contributed by atoms with E-state index in [9.17, 15) is 13.2 Å². The van der Waals surface area contributed by atoms with Crippen LogP contribution in [0.15, 0.2) is 34.2 Å². The Balaban J connectivity index is 1.92. The summed E-state index contributed by atoms with van der Waals surface area (Å²) < 4.78 is 30.8. The summed E-state index contributed by atoms with van der Waals surface area (Å²) in [6, 6.07) is 6.80. The van der Waals surface area contributed by atoms with E-state index in [0.717, 1.165) is 5.56 Å². The molecule has 1 aromatic rings. The van der Waals surface area contributed by atoms with Gasteiger partial charge in [0.05, 0.1) is 17.5 Å². The number of carbonyl (C=O) groups excluding carboxylic acids is 1. The van der Waals surface area contributed by atoms with E-state index < -0.39 is 15.6 Å². The van der Waals surface area contributed by atoms with Crippen molar-refractivity contribution in [3.8, 4) is 0 Å². The third-order valence-electron chi connectivity index (χ3n) is 4.34. The fourth-order valence-electron chi connectivity index (χ4n) is 2.71. The molecule has 0 spiro atoms. The molecule has 1 aliphatic heterocycles. The summed E-state index contributed by atoms with van der Waals surface area (Å²) in [6.07, 6.45) is -0.310. The zero-order valence-electron chi connectivity index (χ0n) is 18.6. The first-order valence-electron chi connectivity index (χ1n) is 9.96. The number of nitrogens with zero attached hydrogens (tertiary/aromatic N) is 3. The number of benzene rings is 1. The lowest BCUT2D eigenvalue weighted by atomic mass is 10.1. The van der Waals surface area contributed by atoms with Gasteiger partial charge in [-0.25, -0.2) is 22.5 Å². The number of carbonyl (C=O) groups is 1. The average molecular weight is 440 g/mol. The van der Waals surface area contributed by atoms with Crippen molar-refractivity contribution in [1.29, 1.82) is 0 Å². The largest absolute Gasteiger partial charge is 0.444 e. The molecule has 0 unspecified atom stereocenters. The van der Waals surface area contributed by atoms with Gasteiger partial charge in [0.1, 0.15) is 5.60 Å². The Hall–Kier alpha value is -2.33.